The van der Waals surface area contributed by atoms with Crippen molar-refractivity contribution in [2.45, 2.75) is 116 Å². The lowest BCUT2D eigenvalue weighted by atomic mass is 9.68. The van der Waals surface area contributed by atoms with Crippen LogP contribution in [-0.4, -0.2) is 20.4 Å². The van der Waals surface area contributed by atoms with Gasteiger partial charge >= 0.3 is 0 Å². The van der Waals surface area contributed by atoms with Gasteiger partial charge in [-0.05, 0) is 135 Å². The van der Waals surface area contributed by atoms with Crippen molar-refractivity contribution in [2.75, 3.05) is 0 Å². The van der Waals surface area contributed by atoms with Gasteiger partial charge in [-0.25, -0.2) is 0 Å². The van der Waals surface area contributed by atoms with Crippen molar-refractivity contribution in [2.24, 2.45) is 0 Å². The van der Waals surface area contributed by atoms with Crippen LogP contribution in [0.4, 0.5) is 0 Å². The second kappa shape index (κ2) is 23.1. The Morgan fingerprint density at radius 1 is 0.280 bits per heavy atom. The molecule has 0 saturated heterocycles. The topological polar surface area (TPSA) is 80.9 Å². The van der Waals surface area contributed by atoms with E-state index < -0.39 is 5.41 Å². The fourth-order valence-electron chi connectivity index (χ4n) is 11.8. The van der Waals surface area contributed by atoms with E-state index in [1.807, 2.05) is 68.4 Å². The minimum Gasteiger partial charge on any atom is -0.508 e. The smallest absolute Gasteiger partial charge is 0.120 e. The van der Waals surface area contributed by atoms with E-state index in [2.05, 4.69) is 239 Å². The summed E-state index contributed by atoms with van der Waals surface area (Å²) in [5.41, 5.74) is 17.4. The number of phenolic OH excluding ortho intramolecular Hbond substituents is 4. The fraction of sp³-hybridized carbons (Fsp3) is 0.231. The van der Waals surface area contributed by atoms with Gasteiger partial charge in [-0.2, -0.15) is 0 Å². The molecule has 0 radical (unpaired) electrons. The molecule has 1 unspecified atom stereocenters. The van der Waals surface area contributed by atoms with E-state index in [0.29, 0.717) is 23.0 Å². The first-order valence-corrected chi connectivity index (χ1v) is 28.7. The maximum absolute atomic E-state index is 11.3. The molecular weight excluding hydrogens is 1000 g/mol. The van der Waals surface area contributed by atoms with Crippen LogP contribution in [0.1, 0.15) is 159 Å². The van der Waals surface area contributed by atoms with Gasteiger partial charge in [-0.1, -0.05) is 269 Å². The van der Waals surface area contributed by atoms with Crippen LogP contribution >= 0.6 is 0 Å². The van der Waals surface area contributed by atoms with Gasteiger partial charge in [0.15, 0.2) is 0 Å². The zero-order valence-corrected chi connectivity index (χ0v) is 49.9. The largest absolute Gasteiger partial charge is 0.508 e. The second-order valence-electron chi connectivity index (χ2n) is 24.7. The summed E-state index contributed by atoms with van der Waals surface area (Å²) in [6, 6.07) is 81.5. The molecule has 10 rings (SSSR count). The second-order valence-corrected chi connectivity index (χ2v) is 24.7. The Kier molecular flexibility index (Phi) is 16.4. The molecule has 4 N–H and O–H groups in total. The molecule has 4 nitrogen and oxygen atoms in total. The first kappa shape index (κ1) is 58.1. The van der Waals surface area contributed by atoms with Gasteiger partial charge in [0.1, 0.15) is 23.0 Å². The highest BCUT2D eigenvalue weighted by molar-refractivity contribution is 5.64. The Balaban J connectivity index is 0.000000198. The van der Waals surface area contributed by atoms with Gasteiger partial charge in [-0.3, -0.25) is 0 Å². The molecule has 0 aromatic heterocycles. The van der Waals surface area contributed by atoms with Gasteiger partial charge in [-0.15, -0.1) is 0 Å². The molecule has 0 aliphatic heterocycles. The first-order valence-electron chi connectivity index (χ1n) is 28.7. The van der Waals surface area contributed by atoms with E-state index in [0.717, 1.165) is 38.9 Å². The molecule has 0 amide bonds. The molecule has 0 heterocycles. The normalized spacial score (nSPS) is 12.5. The van der Waals surface area contributed by atoms with Crippen LogP contribution < -0.4 is 0 Å². The van der Waals surface area contributed by atoms with E-state index in [4.69, 9.17) is 0 Å². The highest BCUT2D eigenvalue weighted by atomic mass is 16.3. The van der Waals surface area contributed by atoms with E-state index in [9.17, 15) is 20.4 Å². The van der Waals surface area contributed by atoms with E-state index in [-0.39, 0.29) is 27.6 Å². The Morgan fingerprint density at radius 3 is 0.963 bits per heavy atom. The third-order valence-electron chi connectivity index (χ3n) is 18.2. The molecule has 0 spiro atoms. The van der Waals surface area contributed by atoms with Crippen molar-refractivity contribution in [3.05, 3.63) is 320 Å². The molecule has 0 fully saturated rings. The van der Waals surface area contributed by atoms with Crippen molar-refractivity contribution in [3.8, 4) is 34.1 Å². The molecule has 0 bridgehead atoms. The number of aryl methyl sites for hydroxylation is 2. The van der Waals surface area contributed by atoms with Crippen molar-refractivity contribution in [1.29, 1.82) is 0 Å². The summed E-state index contributed by atoms with van der Waals surface area (Å²) in [4.78, 5) is 0. The Labute approximate surface area is 488 Å². The monoisotopic (exact) mass is 1080 g/mol. The molecule has 416 valence electrons. The molecule has 0 saturated carbocycles. The maximum Gasteiger partial charge on any atom is 0.120 e. The predicted octanol–water partition coefficient (Wildman–Crippen LogP) is 19.3. The summed E-state index contributed by atoms with van der Waals surface area (Å²) in [6.07, 6.45) is 0. The van der Waals surface area contributed by atoms with Crippen LogP contribution in [0.3, 0.4) is 0 Å². The predicted molar refractivity (Wildman–Crippen MR) is 341 cm³/mol. The molecule has 1 atom stereocenters. The molecule has 4 heteroatoms. The summed E-state index contributed by atoms with van der Waals surface area (Å²) in [5, 5.41) is 42.2. The Morgan fingerprint density at radius 2 is 0.585 bits per heavy atom. The quantitative estimate of drug-likeness (QED) is 0.0818. The molecule has 10 aromatic carbocycles. The zero-order chi connectivity index (χ0) is 58.8. The minimum absolute atomic E-state index is 0.0486. The van der Waals surface area contributed by atoms with Gasteiger partial charge in [0.25, 0.3) is 0 Å². The molecule has 0 aliphatic rings. The highest BCUT2D eigenvalue weighted by Gasteiger charge is 2.36. The lowest BCUT2D eigenvalue weighted by Gasteiger charge is -2.35. The standard InChI is InChI=1S/2C39H40O2/c1-27-25-32(21-23-35(27)40)37(2,3)28-17-19-29(20-18-28)38(4,5)33-22-24-36(41)34(26-33)39(6,30-13-9-7-10-14-30)31-15-11-8-12-16-31;1-26-24-33(20-22-36(26)40)38(3,4)31-16-18-32(19-17-31)39(5,6)34-21-23-37(41)35(25-34)27(2)28-12-14-30(15-13-28)29-10-8-7-9-11-29/h7-26,40-41H,1-6H3;7-25,27,40-41H,1-6H3. The first-order chi connectivity index (χ1) is 38.9. The van der Waals surface area contributed by atoms with Gasteiger partial charge < -0.3 is 20.4 Å². The summed E-state index contributed by atoms with van der Waals surface area (Å²) < 4.78 is 0. The molecule has 82 heavy (non-hydrogen) atoms. The van der Waals surface area contributed by atoms with Crippen molar-refractivity contribution in [1.82, 2.24) is 0 Å². The number of hydrogen-bond donors (Lipinski definition) is 4. The SMILES string of the molecule is Cc1cc(C(C)(C)c2ccc(C(C)(C)c3ccc(O)c(C(C)(c4ccccc4)c4ccccc4)c3)cc2)ccc1O.Cc1cc(C(C)(C)c2ccc(C(C)(C)c3ccc(O)c(C(C)c4ccc(-c5ccccc5)cc4)c3)cc2)ccc1O. The van der Waals surface area contributed by atoms with Gasteiger partial charge in [0.2, 0.25) is 0 Å². The average molecular weight is 1080 g/mol. The average Bonchev–Trinajstić information content (AvgIpc) is 3.57. The minimum atomic E-state index is -0.533. The fourth-order valence-corrected chi connectivity index (χ4v) is 11.8. The van der Waals surface area contributed by atoms with Crippen molar-refractivity contribution >= 4 is 0 Å². The summed E-state index contributed by atoms with van der Waals surface area (Å²) in [5.74, 6) is 1.32. The summed E-state index contributed by atoms with van der Waals surface area (Å²) >= 11 is 0. The number of phenols is 4. The van der Waals surface area contributed by atoms with Crippen LogP contribution in [0.15, 0.2) is 237 Å². The number of benzene rings is 10. The van der Waals surface area contributed by atoms with E-state index in [1.54, 1.807) is 12.1 Å². The summed E-state index contributed by atoms with van der Waals surface area (Å²) in [6.45, 7) is 26.1. The summed E-state index contributed by atoms with van der Waals surface area (Å²) in [7, 11) is 0. The number of rotatable bonds is 14. The van der Waals surface area contributed by atoms with Crippen molar-refractivity contribution in [3.63, 3.8) is 0 Å². The zero-order valence-electron chi connectivity index (χ0n) is 49.9. The van der Waals surface area contributed by atoms with Crippen LogP contribution in [-0.2, 0) is 27.1 Å². The lowest BCUT2D eigenvalue weighted by Crippen LogP contribution is -2.27. The third kappa shape index (κ3) is 11.5. The van der Waals surface area contributed by atoms with Gasteiger partial charge in [0, 0.05) is 44.1 Å². The van der Waals surface area contributed by atoms with E-state index >= 15 is 0 Å². The molecule has 0 aliphatic carbocycles. The van der Waals surface area contributed by atoms with Crippen LogP contribution in [0.2, 0.25) is 0 Å². The van der Waals surface area contributed by atoms with Crippen LogP contribution in [0.5, 0.6) is 23.0 Å². The van der Waals surface area contributed by atoms with Crippen molar-refractivity contribution < 1.29 is 20.4 Å². The van der Waals surface area contributed by atoms with Crippen LogP contribution in [0, 0.1) is 13.8 Å². The highest BCUT2D eigenvalue weighted by Crippen LogP contribution is 2.46. The van der Waals surface area contributed by atoms with Gasteiger partial charge in [0.05, 0.1) is 0 Å². The third-order valence-corrected chi connectivity index (χ3v) is 18.2. The molecular formula is C78H80O4. The maximum atomic E-state index is 11.3. The van der Waals surface area contributed by atoms with Crippen LogP contribution in [0.25, 0.3) is 11.1 Å². The Hall–Kier alpha value is -8.60. The Bertz CT molecular complexity index is 3760. The molecule has 10 aromatic rings. The number of aromatic hydroxyl groups is 4. The van der Waals surface area contributed by atoms with E-state index in [1.165, 1.54) is 55.6 Å². The number of hydrogen-bond acceptors (Lipinski definition) is 4. The lowest BCUT2D eigenvalue weighted by molar-refractivity contribution is 0.456.